The van der Waals surface area contributed by atoms with E-state index in [1.54, 1.807) is 6.92 Å². The summed E-state index contributed by atoms with van der Waals surface area (Å²) in [6.07, 6.45) is 2.60. The summed E-state index contributed by atoms with van der Waals surface area (Å²) in [5.74, 6) is 0.107. The van der Waals surface area contributed by atoms with Gasteiger partial charge >= 0.3 is 0 Å². The molecule has 0 saturated heterocycles. The summed E-state index contributed by atoms with van der Waals surface area (Å²) in [6.45, 7) is 5.27. The predicted octanol–water partition coefficient (Wildman–Crippen LogP) is 1.21. The van der Waals surface area contributed by atoms with Gasteiger partial charge in [0.15, 0.2) is 5.78 Å². The van der Waals surface area contributed by atoms with Gasteiger partial charge in [0.1, 0.15) is 0 Å². The fourth-order valence-electron chi connectivity index (χ4n) is 1.13. The fraction of sp³-hybridized carbons (Fsp3) is 0.444. The zero-order chi connectivity index (χ0) is 8.43. The summed E-state index contributed by atoms with van der Waals surface area (Å²) in [7, 11) is 0. The first-order valence-corrected chi connectivity index (χ1v) is 3.73. The van der Waals surface area contributed by atoms with Crippen LogP contribution in [0.1, 0.15) is 19.8 Å². The van der Waals surface area contributed by atoms with Crippen LogP contribution >= 0.6 is 0 Å². The van der Waals surface area contributed by atoms with Crippen LogP contribution in [0.2, 0.25) is 0 Å². The molecule has 0 bridgehead atoms. The molecule has 0 spiro atoms. The summed E-state index contributed by atoms with van der Waals surface area (Å²) in [5.41, 5.74) is 1.17. The molecule has 0 aromatic heterocycles. The predicted molar refractivity (Wildman–Crippen MR) is 43.1 cm³/mol. The Morgan fingerprint density at radius 3 is 2.82 bits per heavy atom. The highest BCUT2D eigenvalue weighted by Crippen LogP contribution is 2.22. The zero-order valence-electron chi connectivity index (χ0n) is 6.63. The first-order chi connectivity index (χ1) is 5.13. The van der Waals surface area contributed by atoms with E-state index in [-0.39, 0.29) is 5.78 Å². The molecule has 1 aliphatic rings. The maximum Gasteiger partial charge on any atom is 0.163 e. The van der Waals surface area contributed by atoms with Crippen molar-refractivity contribution in [3.63, 3.8) is 0 Å². The van der Waals surface area contributed by atoms with E-state index >= 15 is 0 Å². The third-order valence-electron chi connectivity index (χ3n) is 1.87. The molecule has 0 saturated carbocycles. The molecule has 2 nitrogen and oxygen atoms in total. The van der Waals surface area contributed by atoms with Gasteiger partial charge in [-0.05, 0) is 18.9 Å². The van der Waals surface area contributed by atoms with Crippen molar-refractivity contribution in [3.8, 4) is 0 Å². The van der Waals surface area contributed by atoms with Gasteiger partial charge in [0.25, 0.3) is 0 Å². The number of rotatable bonds is 2. The average Bonchev–Trinajstić information content (AvgIpc) is 2.33. The van der Waals surface area contributed by atoms with E-state index < -0.39 is 6.10 Å². The fourth-order valence-corrected chi connectivity index (χ4v) is 1.13. The topological polar surface area (TPSA) is 37.3 Å². The molecule has 60 valence electrons. The summed E-state index contributed by atoms with van der Waals surface area (Å²) < 4.78 is 0. The summed E-state index contributed by atoms with van der Waals surface area (Å²) in [6, 6.07) is 0. The van der Waals surface area contributed by atoms with Gasteiger partial charge in [0, 0.05) is 12.0 Å². The SMILES string of the molecule is C=C(C1=CCCC1=O)C(C)O. The van der Waals surface area contributed by atoms with Crippen LogP contribution in [0.4, 0.5) is 0 Å². The van der Waals surface area contributed by atoms with E-state index in [1.807, 2.05) is 6.08 Å². The van der Waals surface area contributed by atoms with E-state index in [1.165, 1.54) is 0 Å². The van der Waals surface area contributed by atoms with E-state index in [2.05, 4.69) is 6.58 Å². The van der Waals surface area contributed by atoms with Crippen LogP contribution in [0, 0.1) is 0 Å². The third-order valence-corrected chi connectivity index (χ3v) is 1.87. The smallest absolute Gasteiger partial charge is 0.163 e. The Bertz CT molecular complexity index is 224. The number of Topliss-reactive ketones (excluding diaryl/α,β-unsaturated/α-hetero) is 1. The molecule has 0 aromatic rings. The summed E-state index contributed by atoms with van der Waals surface area (Å²) in [5, 5.41) is 9.11. The largest absolute Gasteiger partial charge is 0.389 e. The lowest BCUT2D eigenvalue weighted by atomic mass is 10.0. The molecule has 1 aliphatic carbocycles. The molecule has 0 heterocycles. The minimum atomic E-state index is -0.608. The number of ketones is 1. The van der Waals surface area contributed by atoms with Gasteiger partial charge in [-0.1, -0.05) is 12.7 Å². The van der Waals surface area contributed by atoms with Crippen molar-refractivity contribution < 1.29 is 9.90 Å². The molecule has 1 N–H and O–H groups in total. The van der Waals surface area contributed by atoms with Crippen LogP contribution < -0.4 is 0 Å². The molecule has 1 unspecified atom stereocenters. The van der Waals surface area contributed by atoms with Crippen molar-refractivity contribution in [2.75, 3.05) is 0 Å². The summed E-state index contributed by atoms with van der Waals surface area (Å²) >= 11 is 0. The molecule has 0 fully saturated rings. The Hall–Kier alpha value is -0.890. The monoisotopic (exact) mass is 152 g/mol. The van der Waals surface area contributed by atoms with E-state index in [4.69, 9.17) is 5.11 Å². The average molecular weight is 152 g/mol. The Balaban J connectivity index is 2.75. The Morgan fingerprint density at radius 2 is 2.45 bits per heavy atom. The molecule has 0 amide bonds. The molecule has 1 atom stereocenters. The first kappa shape index (κ1) is 8.21. The second-order valence-corrected chi connectivity index (χ2v) is 2.78. The molecule has 0 aliphatic heterocycles. The maximum absolute atomic E-state index is 11.1. The van der Waals surface area contributed by atoms with Crippen molar-refractivity contribution >= 4 is 5.78 Å². The van der Waals surface area contributed by atoms with Gasteiger partial charge in [0.05, 0.1) is 6.10 Å². The number of hydrogen-bond acceptors (Lipinski definition) is 2. The third kappa shape index (κ3) is 1.57. The van der Waals surface area contributed by atoms with Gasteiger partial charge in [-0.25, -0.2) is 0 Å². The van der Waals surface area contributed by atoms with E-state index in [0.29, 0.717) is 17.6 Å². The first-order valence-electron chi connectivity index (χ1n) is 3.73. The highest BCUT2D eigenvalue weighted by atomic mass is 16.3. The number of hydrogen-bond donors (Lipinski definition) is 1. The van der Waals surface area contributed by atoms with Gasteiger partial charge in [-0.15, -0.1) is 0 Å². The van der Waals surface area contributed by atoms with Gasteiger partial charge in [0.2, 0.25) is 0 Å². The highest BCUT2D eigenvalue weighted by Gasteiger charge is 2.19. The van der Waals surface area contributed by atoms with Crippen LogP contribution in [-0.2, 0) is 4.79 Å². The van der Waals surface area contributed by atoms with Crippen LogP contribution in [0.15, 0.2) is 23.8 Å². The Morgan fingerprint density at radius 1 is 1.82 bits per heavy atom. The van der Waals surface area contributed by atoms with Crippen LogP contribution in [-0.4, -0.2) is 17.0 Å². The molecule has 11 heavy (non-hydrogen) atoms. The van der Waals surface area contributed by atoms with Gasteiger partial charge in [-0.3, -0.25) is 4.79 Å². The number of carbonyl (C=O) groups is 1. The number of aliphatic hydroxyl groups is 1. The van der Waals surface area contributed by atoms with Crippen molar-refractivity contribution in [1.29, 1.82) is 0 Å². The minimum Gasteiger partial charge on any atom is -0.389 e. The number of aliphatic hydroxyl groups excluding tert-OH is 1. The molecule has 0 radical (unpaired) electrons. The zero-order valence-corrected chi connectivity index (χ0v) is 6.63. The van der Waals surface area contributed by atoms with Crippen LogP contribution in [0.25, 0.3) is 0 Å². The van der Waals surface area contributed by atoms with Crippen molar-refractivity contribution in [2.24, 2.45) is 0 Å². The second kappa shape index (κ2) is 3.01. The number of allylic oxidation sites excluding steroid dienone is 1. The second-order valence-electron chi connectivity index (χ2n) is 2.78. The van der Waals surface area contributed by atoms with Crippen molar-refractivity contribution in [2.45, 2.75) is 25.9 Å². The summed E-state index contributed by atoms with van der Waals surface area (Å²) in [4.78, 5) is 11.1. The standard InChI is InChI=1S/C9H12O2/c1-6(7(2)10)8-4-3-5-9(8)11/h4,7,10H,1,3,5H2,2H3. The highest BCUT2D eigenvalue weighted by molar-refractivity contribution is 6.01. The molecule has 2 heteroatoms. The molecular formula is C9H12O2. The van der Waals surface area contributed by atoms with Gasteiger partial charge < -0.3 is 5.11 Å². The molecule has 1 rings (SSSR count). The minimum absolute atomic E-state index is 0.107. The number of carbonyl (C=O) groups excluding carboxylic acids is 1. The van der Waals surface area contributed by atoms with Crippen LogP contribution in [0.5, 0.6) is 0 Å². The lowest BCUT2D eigenvalue weighted by Crippen LogP contribution is -2.09. The normalized spacial score (nSPS) is 19.8. The molecular weight excluding hydrogens is 140 g/mol. The maximum atomic E-state index is 11.1. The lowest BCUT2D eigenvalue weighted by molar-refractivity contribution is -0.114. The van der Waals surface area contributed by atoms with Gasteiger partial charge in [-0.2, -0.15) is 0 Å². The Kier molecular flexibility index (Phi) is 2.25. The lowest BCUT2D eigenvalue weighted by Gasteiger charge is -2.07. The molecule has 0 aromatic carbocycles. The Labute approximate surface area is 66.2 Å². The quantitative estimate of drug-likeness (QED) is 0.645. The van der Waals surface area contributed by atoms with Crippen molar-refractivity contribution in [1.82, 2.24) is 0 Å². The van der Waals surface area contributed by atoms with E-state index in [9.17, 15) is 4.79 Å². The van der Waals surface area contributed by atoms with E-state index in [0.717, 1.165) is 6.42 Å². The van der Waals surface area contributed by atoms with Crippen LogP contribution in [0.3, 0.4) is 0 Å². The van der Waals surface area contributed by atoms with Crippen molar-refractivity contribution in [3.05, 3.63) is 23.8 Å².